The number of alkyl halides is 3. The normalized spacial score (nSPS) is 15.2. The standard InChI is InChI=1S/C31H33F3N6O2/c1-4-9-30(42)10-14-38(15-11-30)29(41)23-8-7-21(17-22(23)6-3)18-25-28-36-19-26(40(28)16-12-35-25)24-20-39(13-5-2)37-27(24)31(32,33)34/h2,7-8,12,16-17,19-20,42H,4,6,9-11,13-15,18H2,1,3H3. The van der Waals surface area contributed by atoms with Crippen molar-refractivity contribution in [2.75, 3.05) is 13.1 Å². The van der Waals surface area contributed by atoms with Gasteiger partial charge in [-0.3, -0.25) is 18.9 Å². The zero-order valence-electron chi connectivity index (χ0n) is 23.7. The summed E-state index contributed by atoms with van der Waals surface area (Å²) < 4.78 is 44.1. The topological polar surface area (TPSA) is 88.5 Å². The maximum absolute atomic E-state index is 13.8. The number of carbonyl (C=O) groups excluding carboxylic acids is 1. The van der Waals surface area contributed by atoms with Crippen LogP contribution in [0.2, 0.25) is 0 Å². The number of nitrogens with zero attached hydrogens (tertiary/aromatic N) is 6. The predicted molar refractivity (Wildman–Crippen MR) is 152 cm³/mol. The second kappa shape index (κ2) is 11.6. The lowest BCUT2D eigenvalue weighted by Gasteiger charge is -2.38. The van der Waals surface area contributed by atoms with Crippen LogP contribution >= 0.6 is 0 Å². The summed E-state index contributed by atoms with van der Waals surface area (Å²) in [5.41, 5.74) is 1.84. The van der Waals surface area contributed by atoms with Gasteiger partial charge in [0.1, 0.15) is 6.54 Å². The van der Waals surface area contributed by atoms with Crippen LogP contribution in [0.5, 0.6) is 0 Å². The first-order chi connectivity index (χ1) is 20.1. The zero-order valence-corrected chi connectivity index (χ0v) is 23.7. The van der Waals surface area contributed by atoms with Crippen molar-refractivity contribution in [2.24, 2.45) is 0 Å². The molecular formula is C31H33F3N6O2. The number of piperidine rings is 1. The molecule has 1 aliphatic heterocycles. The number of hydrogen-bond donors (Lipinski definition) is 1. The van der Waals surface area contributed by atoms with E-state index in [0.717, 1.165) is 28.7 Å². The van der Waals surface area contributed by atoms with E-state index in [1.807, 2.05) is 36.9 Å². The molecule has 0 aliphatic carbocycles. The van der Waals surface area contributed by atoms with Gasteiger partial charge in [0.05, 0.1) is 28.7 Å². The number of likely N-dealkylation sites (tertiary alicyclic amines) is 1. The van der Waals surface area contributed by atoms with Crippen LogP contribution < -0.4 is 0 Å². The van der Waals surface area contributed by atoms with Crippen LogP contribution in [0.3, 0.4) is 0 Å². The molecule has 5 rings (SSSR count). The average molecular weight is 579 g/mol. The highest BCUT2D eigenvalue weighted by atomic mass is 19.4. The summed E-state index contributed by atoms with van der Waals surface area (Å²) >= 11 is 0. The van der Waals surface area contributed by atoms with E-state index in [1.54, 1.807) is 10.6 Å². The Morgan fingerprint density at radius 1 is 1.19 bits per heavy atom. The Kier molecular flexibility index (Phi) is 8.10. The van der Waals surface area contributed by atoms with Crippen molar-refractivity contribution >= 4 is 11.6 Å². The summed E-state index contributed by atoms with van der Waals surface area (Å²) in [6, 6.07) is 5.69. The van der Waals surface area contributed by atoms with Crippen LogP contribution in [0, 0.1) is 12.3 Å². The number of halogens is 3. The van der Waals surface area contributed by atoms with Gasteiger partial charge in [-0.25, -0.2) is 4.98 Å². The van der Waals surface area contributed by atoms with E-state index in [-0.39, 0.29) is 23.7 Å². The van der Waals surface area contributed by atoms with E-state index in [9.17, 15) is 23.1 Å². The van der Waals surface area contributed by atoms with Crippen molar-refractivity contribution < 1.29 is 23.1 Å². The minimum absolute atomic E-state index is 0.0408. The molecule has 8 nitrogen and oxygen atoms in total. The van der Waals surface area contributed by atoms with Gasteiger partial charge in [-0.15, -0.1) is 6.42 Å². The number of rotatable bonds is 8. The third-order valence-electron chi connectivity index (χ3n) is 7.91. The molecule has 11 heteroatoms. The maximum atomic E-state index is 13.8. The molecule has 0 radical (unpaired) electrons. The average Bonchev–Trinajstić information content (AvgIpc) is 3.58. The second-order valence-electron chi connectivity index (χ2n) is 10.8. The first kappa shape index (κ1) is 29.3. The minimum atomic E-state index is -4.67. The van der Waals surface area contributed by atoms with Crippen molar-refractivity contribution in [2.45, 2.75) is 70.7 Å². The molecule has 3 aromatic heterocycles. The quantitative estimate of drug-likeness (QED) is 0.292. The Hall–Kier alpha value is -4.17. The number of carbonyl (C=O) groups is 1. The molecule has 0 bridgehead atoms. The van der Waals surface area contributed by atoms with Gasteiger partial charge in [0, 0.05) is 43.7 Å². The van der Waals surface area contributed by atoms with Gasteiger partial charge in [-0.05, 0) is 42.9 Å². The Balaban J connectivity index is 1.41. The summed E-state index contributed by atoms with van der Waals surface area (Å²) in [5, 5.41) is 14.4. The largest absolute Gasteiger partial charge is 0.435 e. The molecule has 0 atom stereocenters. The van der Waals surface area contributed by atoms with E-state index in [1.165, 1.54) is 18.6 Å². The monoisotopic (exact) mass is 578 g/mol. The predicted octanol–water partition coefficient (Wildman–Crippen LogP) is 5.17. The summed E-state index contributed by atoms with van der Waals surface area (Å²) in [6.07, 6.45) is 10.2. The highest BCUT2D eigenvalue weighted by Crippen LogP contribution is 2.36. The summed E-state index contributed by atoms with van der Waals surface area (Å²) in [7, 11) is 0. The molecule has 1 aromatic carbocycles. The van der Waals surface area contributed by atoms with E-state index in [2.05, 4.69) is 21.0 Å². The van der Waals surface area contributed by atoms with Gasteiger partial charge in [0.2, 0.25) is 0 Å². The van der Waals surface area contributed by atoms with E-state index in [0.29, 0.717) is 55.7 Å². The number of hydrogen-bond acceptors (Lipinski definition) is 5. The third-order valence-corrected chi connectivity index (χ3v) is 7.91. The molecule has 220 valence electrons. The first-order valence-electron chi connectivity index (χ1n) is 14.1. The lowest BCUT2D eigenvalue weighted by atomic mass is 9.87. The van der Waals surface area contributed by atoms with Gasteiger partial charge < -0.3 is 10.0 Å². The van der Waals surface area contributed by atoms with Crippen LogP contribution in [0.1, 0.15) is 72.4 Å². The Bertz CT molecular complexity index is 1640. The Morgan fingerprint density at radius 3 is 2.62 bits per heavy atom. The molecule has 1 N–H and O–H groups in total. The molecule has 1 amide bonds. The van der Waals surface area contributed by atoms with Gasteiger partial charge >= 0.3 is 6.18 Å². The highest BCUT2D eigenvalue weighted by molar-refractivity contribution is 5.96. The summed E-state index contributed by atoms with van der Waals surface area (Å²) in [4.78, 5) is 24.1. The molecule has 1 saturated heterocycles. The number of aliphatic hydroxyl groups is 1. The fraction of sp³-hybridized carbons (Fsp3) is 0.419. The number of aryl methyl sites for hydroxylation is 1. The third kappa shape index (κ3) is 5.77. The van der Waals surface area contributed by atoms with Gasteiger partial charge in [-0.1, -0.05) is 38.3 Å². The number of terminal acetylenes is 1. The fourth-order valence-corrected chi connectivity index (χ4v) is 5.75. The zero-order chi connectivity index (χ0) is 30.1. The number of amides is 1. The molecular weight excluding hydrogens is 545 g/mol. The van der Waals surface area contributed by atoms with Crippen molar-refractivity contribution in [3.63, 3.8) is 0 Å². The summed E-state index contributed by atoms with van der Waals surface area (Å²) in [6.45, 7) is 4.99. The maximum Gasteiger partial charge on any atom is 0.435 e. The molecule has 4 heterocycles. The van der Waals surface area contributed by atoms with Gasteiger partial charge in [-0.2, -0.15) is 18.3 Å². The van der Waals surface area contributed by atoms with Crippen molar-refractivity contribution in [3.8, 4) is 23.6 Å². The molecule has 0 saturated carbocycles. The van der Waals surface area contributed by atoms with Crippen molar-refractivity contribution in [3.05, 3.63) is 71.1 Å². The van der Waals surface area contributed by atoms with Crippen LogP contribution in [-0.4, -0.2) is 58.8 Å². The molecule has 1 fully saturated rings. The van der Waals surface area contributed by atoms with Crippen LogP contribution in [0.15, 0.2) is 43.0 Å². The molecule has 0 unspecified atom stereocenters. The smallest absolute Gasteiger partial charge is 0.390 e. The lowest BCUT2D eigenvalue weighted by Crippen LogP contribution is -2.46. The number of aromatic nitrogens is 5. The molecule has 1 aliphatic rings. The van der Waals surface area contributed by atoms with Crippen LogP contribution in [0.25, 0.3) is 16.9 Å². The van der Waals surface area contributed by atoms with Crippen molar-refractivity contribution in [1.82, 2.24) is 29.0 Å². The van der Waals surface area contributed by atoms with E-state index < -0.39 is 17.5 Å². The number of fused-ring (bicyclic) bond motifs is 1. The minimum Gasteiger partial charge on any atom is -0.390 e. The van der Waals surface area contributed by atoms with E-state index in [4.69, 9.17) is 6.42 Å². The number of benzene rings is 1. The first-order valence-corrected chi connectivity index (χ1v) is 14.1. The summed E-state index contributed by atoms with van der Waals surface area (Å²) in [5.74, 6) is 2.27. The lowest BCUT2D eigenvalue weighted by molar-refractivity contribution is -0.141. The van der Waals surface area contributed by atoms with Gasteiger partial charge in [0.15, 0.2) is 11.3 Å². The molecule has 4 aromatic rings. The van der Waals surface area contributed by atoms with Gasteiger partial charge in [0.25, 0.3) is 5.91 Å². The highest BCUT2D eigenvalue weighted by Gasteiger charge is 2.38. The Labute approximate surface area is 242 Å². The second-order valence-corrected chi connectivity index (χ2v) is 10.8. The van der Waals surface area contributed by atoms with Crippen LogP contribution in [-0.2, 0) is 25.6 Å². The SMILES string of the molecule is C#CCn1cc(-c2cnc3c(Cc4ccc(C(=O)N5CCC(O)(CCC)CC5)c(CC)c4)nccn23)c(C(F)(F)F)n1. The fourth-order valence-electron chi connectivity index (χ4n) is 5.75. The van der Waals surface area contributed by atoms with Crippen molar-refractivity contribution in [1.29, 1.82) is 0 Å². The van der Waals surface area contributed by atoms with Crippen LogP contribution in [0.4, 0.5) is 13.2 Å². The number of imidazole rings is 1. The molecule has 0 spiro atoms. The van der Waals surface area contributed by atoms with E-state index >= 15 is 0 Å². The molecule has 42 heavy (non-hydrogen) atoms. The Morgan fingerprint density at radius 2 is 1.95 bits per heavy atom.